The lowest BCUT2D eigenvalue weighted by Gasteiger charge is -2.08. The van der Waals surface area contributed by atoms with Gasteiger partial charge in [-0.2, -0.15) is 0 Å². The minimum atomic E-state index is -0.750. The van der Waals surface area contributed by atoms with Gasteiger partial charge in [0.1, 0.15) is 11.5 Å². The summed E-state index contributed by atoms with van der Waals surface area (Å²) in [5.74, 6) is -0.00423. The number of benzene rings is 3. The van der Waals surface area contributed by atoms with Gasteiger partial charge in [0.25, 0.3) is 0 Å². The van der Waals surface area contributed by atoms with E-state index < -0.39 is 22.4 Å². The largest absolute Gasteiger partial charge is 0.494 e. The normalized spacial score (nSPS) is 11.1. The standard InChI is InChI=1S/C44H59NO7/c1-3-5-7-8-9-10-11-12-13-14-15-16-17-18-19-20-34-51-39-27-21-36(22-28-39)23-31-42(46)38-26-32-43(41(35-38)45(48)49)52-44(47)37-24-29-40(30-25-37)50-33-6-4-2/h21-32,35H,3-20,33-34H2,1-2H3/b31-23+. The number of ketones is 1. The fourth-order valence-corrected chi connectivity index (χ4v) is 5.86. The molecule has 0 heterocycles. The quantitative estimate of drug-likeness (QED) is 0.0140. The molecule has 0 aliphatic carbocycles. The fourth-order valence-electron chi connectivity index (χ4n) is 5.86. The van der Waals surface area contributed by atoms with Crippen LogP contribution in [0.4, 0.5) is 5.69 Å². The third-order valence-electron chi connectivity index (χ3n) is 9.07. The number of allylic oxidation sites excluding steroid dienone is 1. The molecule has 0 radical (unpaired) electrons. The first-order valence-electron chi connectivity index (χ1n) is 19.6. The molecule has 0 amide bonds. The summed E-state index contributed by atoms with van der Waals surface area (Å²) in [6.45, 7) is 5.59. The molecule has 282 valence electrons. The predicted molar refractivity (Wildman–Crippen MR) is 210 cm³/mol. The molecule has 52 heavy (non-hydrogen) atoms. The fraction of sp³-hybridized carbons (Fsp3) is 0.500. The van der Waals surface area contributed by atoms with Crippen LogP contribution >= 0.6 is 0 Å². The Kier molecular flexibility index (Phi) is 20.6. The summed E-state index contributed by atoms with van der Waals surface area (Å²) in [6.07, 6.45) is 26.3. The van der Waals surface area contributed by atoms with Crippen molar-refractivity contribution in [1.82, 2.24) is 0 Å². The molecule has 0 saturated carbocycles. The van der Waals surface area contributed by atoms with Gasteiger partial charge >= 0.3 is 11.7 Å². The smallest absolute Gasteiger partial charge is 0.343 e. The Labute approximate surface area is 311 Å². The molecule has 8 heteroatoms. The molecule has 0 atom stereocenters. The number of rotatable bonds is 28. The Bertz CT molecular complexity index is 1500. The monoisotopic (exact) mass is 713 g/mol. The van der Waals surface area contributed by atoms with E-state index in [-0.39, 0.29) is 16.9 Å². The number of nitro groups is 1. The summed E-state index contributed by atoms with van der Waals surface area (Å²) in [5.41, 5.74) is 0.648. The molecule has 3 rings (SSSR count). The van der Waals surface area contributed by atoms with Gasteiger partial charge in [0.05, 0.1) is 23.7 Å². The van der Waals surface area contributed by atoms with Gasteiger partial charge in [-0.3, -0.25) is 14.9 Å². The SMILES string of the molecule is CCCCCCCCCCCCCCCCCCOc1ccc(/C=C/C(=O)c2ccc(OC(=O)c3ccc(OCCCC)cc3)c([N+](=O)[O-])c2)cc1. The molecule has 0 bridgehead atoms. The van der Waals surface area contributed by atoms with Crippen LogP contribution in [0.1, 0.15) is 156 Å². The van der Waals surface area contributed by atoms with Crippen LogP contribution in [0.25, 0.3) is 6.08 Å². The average Bonchev–Trinajstić information content (AvgIpc) is 3.16. The predicted octanol–water partition coefficient (Wildman–Crippen LogP) is 12.5. The molecular weight excluding hydrogens is 654 g/mol. The van der Waals surface area contributed by atoms with E-state index >= 15 is 0 Å². The summed E-state index contributed by atoms with van der Waals surface area (Å²) in [5, 5.41) is 11.8. The van der Waals surface area contributed by atoms with Crippen molar-refractivity contribution in [1.29, 1.82) is 0 Å². The molecule has 0 spiro atoms. The van der Waals surface area contributed by atoms with Gasteiger partial charge in [0, 0.05) is 11.6 Å². The van der Waals surface area contributed by atoms with E-state index in [4.69, 9.17) is 14.2 Å². The summed E-state index contributed by atoms with van der Waals surface area (Å²) < 4.78 is 16.8. The highest BCUT2D eigenvalue weighted by molar-refractivity contribution is 6.07. The average molecular weight is 714 g/mol. The Morgan fingerprint density at radius 2 is 1.06 bits per heavy atom. The number of unbranched alkanes of at least 4 members (excludes halogenated alkanes) is 16. The zero-order chi connectivity index (χ0) is 37.2. The maximum Gasteiger partial charge on any atom is 0.343 e. The van der Waals surface area contributed by atoms with Crippen LogP contribution in [-0.4, -0.2) is 29.9 Å². The van der Waals surface area contributed by atoms with Crippen LogP contribution in [-0.2, 0) is 0 Å². The van der Waals surface area contributed by atoms with Crippen molar-refractivity contribution in [2.45, 2.75) is 129 Å². The van der Waals surface area contributed by atoms with E-state index in [0.29, 0.717) is 19.0 Å². The van der Waals surface area contributed by atoms with Gasteiger partial charge in [0.2, 0.25) is 5.75 Å². The lowest BCUT2D eigenvalue weighted by Crippen LogP contribution is -2.10. The Hall–Kier alpha value is -4.46. The highest BCUT2D eigenvalue weighted by Crippen LogP contribution is 2.29. The van der Waals surface area contributed by atoms with Crippen LogP contribution in [0.2, 0.25) is 0 Å². The van der Waals surface area contributed by atoms with E-state index in [1.807, 2.05) is 24.3 Å². The zero-order valence-corrected chi connectivity index (χ0v) is 31.5. The number of hydrogen-bond acceptors (Lipinski definition) is 7. The molecule has 3 aromatic carbocycles. The van der Waals surface area contributed by atoms with Gasteiger partial charge in [-0.15, -0.1) is 0 Å². The molecule has 0 aromatic heterocycles. The second-order valence-corrected chi connectivity index (χ2v) is 13.5. The second kappa shape index (κ2) is 25.5. The van der Waals surface area contributed by atoms with E-state index in [1.165, 1.54) is 115 Å². The van der Waals surface area contributed by atoms with Crippen molar-refractivity contribution < 1.29 is 28.7 Å². The lowest BCUT2D eigenvalue weighted by molar-refractivity contribution is -0.385. The van der Waals surface area contributed by atoms with E-state index in [1.54, 1.807) is 30.3 Å². The molecule has 0 unspecified atom stereocenters. The maximum absolute atomic E-state index is 12.9. The number of nitrogens with zero attached hydrogens (tertiary/aromatic N) is 1. The van der Waals surface area contributed by atoms with E-state index in [0.717, 1.165) is 36.6 Å². The summed E-state index contributed by atoms with van der Waals surface area (Å²) in [7, 11) is 0. The highest BCUT2D eigenvalue weighted by atomic mass is 16.6. The first kappa shape index (κ1) is 42.0. The molecule has 0 aliphatic heterocycles. The first-order chi connectivity index (χ1) is 25.4. The molecule has 8 nitrogen and oxygen atoms in total. The van der Waals surface area contributed by atoms with Gasteiger partial charge < -0.3 is 14.2 Å². The summed E-state index contributed by atoms with van der Waals surface area (Å²) in [6, 6.07) is 17.6. The molecule has 3 aromatic rings. The van der Waals surface area contributed by atoms with E-state index in [9.17, 15) is 19.7 Å². The molecule has 0 aliphatic rings. The van der Waals surface area contributed by atoms with Crippen LogP contribution in [0.3, 0.4) is 0 Å². The molecule has 0 N–H and O–H groups in total. The third-order valence-corrected chi connectivity index (χ3v) is 9.07. The van der Waals surface area contributed by atoms with Gasteiger partial charge in [-0.05, 0) is 73.0 Å². The zero-order valence-electron chi connectivity index (χ0n) is 31.5. The number of esters is 1. The summed E-state index contributed by atoms with van der Waals surface area (Å²) in [4.78, 5) is 36.7. The van der Waals surface area contributed by atoms with Gasteiger partial charge in [-0.1, -0.05) is 135 Å². The topological polar surface area (TPSA) is 105 Å². The van der Waals surface area contributed by atoms with Gasteiger partial charge in [0.15, 0.2) is 5.78 Å². The third kappa shape index (κ3) is 16.7. The maximum atomic E-state index is 12.9. The minimum absolute atomic E-state index is 0.107. The van der Waals surface area contributed by atoms with Crippen molar-refractivity contribution in [2.24, 2.45) is 0 Å². The Morgan fingerprint density at radius 1 is 0.596 bits per heavy atom. The van der Waals surface area contributed by atoms with Crippen molar-refractivity contribution in [3.63, 3.8) is 0 Å². The number of hydrogen-bond donors (Lipinski definition) is 0. The lowest BCUT2D eigenvalue weighted by atomic mass is 10.0. The highest BCUT2D eigenvalue weighted by Gasteiger charge is 2.21. The Morgan fingerprint density at radius 3 is 1.58 bits per heavy atom. The number of carbonyl (C=O) groups is 2. The van der Waals surface area contributed by atoms with Crippen molar-refractivity contribution in [3.8, 4) is 17.2 Å². The van der Waals surface area contributed by atoms with Crippen molar-refractivity contribution in [3.05, 3.63) is 99.6 Å². The van der Waals surface area contributed by atoms with Crippen molar-refractivity contribution in [2.75, 3.05) is 13.2 Å². The van der Waals surface area contributed by atoms with Gasteiger partial charge in [-0.25, -0.2) is 4.79 Å². The van der Waals surface area contributed by atoms with Crippen molar-refractivity contribution >= 4 is 23.5 Å². The van der Waals surface area contributed by atoms with Crippen LogP contribution < -0.4 is 14.2 Å². The number of carbonyl (C=O) groups excluding carboxylic acids is 2. The first-order valence-corrected chi connectivity index (χ1v) is 19.6. The van der Waals surface area contributed by atoms with Crippen LogP contribution in [0.15, 0.2) is 72.8 Å². The second-order valence-electron chi connectivity index (χ2n) is 13.5. The number of nitro benzene ring substituents is 1. The Balaban J connectivity index is 1.33. The van der Waals surface area contributed by atoms with E-state index in [2.05, 4.69) is 13.8 Å². The molecular formula is C44H59NO7. The minimum Gasteiger partial charge on any atom is -0.494 e. The molecule has 0 fully saturated rings. The summed E-state index contributed by atoms with van der Waals surface area (Å²) >= 11 is 0. The van der Waals surface area contributed by atoms with Crippen LogP contribution in [0.5, 0.6) is 17.2 Å². The molecule has 0 saturated heterocycles. The number of ether oxygens (including phenoxy) is 3. The van der Waals surface area contributed by atoms with Crippen LogP contribution in [0, 0.1) is 10.1 Å².